The molecule has 118 valence electrons. The number of benzene rings is 1. The first-order valence-corrected chi connectivity index (χ1v) is 8.17. The van der Waals surface area contributed by atoms with Gasteiger partial charge in [-0.2, -0.15) is 0 Å². The number of rotatable bonds is 3. The highest BCUT2D eigenvalue weighted by atomic mass is 16.4. The van der Waals surface area contributed by atoms with Gasteiger partial charge in [-0.25, -0.2) is 0 Å². The highest BCUT2D eigenvalue weighted by Crippen LogP contribution is 2.34. The number of aryl methyl sites for hydroxylation is 2. The molecule has 0 heterocycles. The highest BCUT2D eigenvalue weighted by Gasteiger charge is 2.32. The Kier molecular flexibility index (Phi) is 4.19. The van der Waals surface area contributed by atoms with Gasteiger partial charge in [0.15, 0.2) is 0 Å². The summed E-state index contributed by atoms with van der Waals surface area (Å²) < 4.78 is 0. The largest absolute Gasteiger partial charge is 0.481 e. The fourth-order valence-electron chi connectivity index (χ4n) is 3.79. The van der Waals surface area contributed by atoms with Crippen molar-refractivity contribution in [1.29, 1.82) is 0 Å². The van der Waals surface area contributed by atoms with Crippen molar-refractivity contribution in [2.45, 2.75) is 51.5 Å². The Balaban J connectivity index is 1.59. The van der Waals surface area contributed by atoms with E-state index in [4.69, 9.17) is 5.11 Å². The molecule has 4 nitrogen and oxygen atoms in total. The van der Waals surface area contributed by atoms with E-state index in [-0.39, 0.29) is 23.8 Å². The molecular weight excluding hydrogens is 278 g/mol. The van der Waals surface area contributed by atoms with Gasteiger partial charge >= 0.3 is 5.97 Å². The lowest BCUT2D eigenvalue weighted by Gasteiger charge is -2.26. The Labute approximate surface area is 130 Å². The zero-order valence-corrected chi connectivity index (χ0v) is 13.0. The van der Waals surface area contributed by atoms with Crippen molar-refractivity contribution < 1.29 is 14.7 Å². The van der Waals surface area contributed by atoms with Crippen molar-refractivity contribution in [2.75, 3.05) is 0 Å². The number of carboxylic acid groups (broad SMARTS) is 1. The van der Waals surface area contributed by atoms with Crippen molar-refractivity contribution in [2.24, 2.45) is 11.8 Å². The van der Waals surface area contributed by atoms with Gasteiger partial charge in [-0.15, -0.1) is 0 Å². The average Bonchev–Trinajstić information content (AvgIpc) is 2.89. The van der Waals surface area contributed by atoms with Crippen LogP contribution < -0.4 is 5.32 Å². The number of hydrogen-bond acceptors (Lipinski definition) is 2. The molecule has 22 heavy (non-hydrogen) atoms. The van der Waals surface area contributed by atoms with Crippen LogP contribution in [0.5, 0.6) is 0 Å². The van der Waals surface area contributed by atoms with E-state index in [9.17, 15) is 9.59 Å². The number of carboxylic acids is 1. The van der Waals surface area contributed by atoms with E-state index in [0.29, 0.717) is 25.7 Å². The Bertz CT molecular complexity index is 588. The summed E-state index contributed by atoms with van der Waals surface area (Å²) in [5, 5.41) is 12.2. The molecule has 0 aromatic heterocycles. The summed E-state index contributed by atoms with van der Waals surface area (Å²) in [5.41, 5.74) is 3.86. The molecule has 1 fully saturated rings. The molecule has 0 spiro atoms. The molecule has 1 aromatic rings. The van der Waals surface area contributed by atoms with E-state index in [1.807, 2.05) is 0 Å². The maximum atomic E-state index is 12.4. The molecule has 1 amide bonds. The van der Waals surface area contributed by atoms with Crippen LogP contribution in [0, 0.1) is 18.8 Å². The van der Waals surface area contributed by atoms with Crippen molar-refractivity contribution in [1.82, 2.24) is 5.32 Å². The van der Waals surface area contributed by atoms with Crippen molar-refractivity contribution >= 4 is 11.9 Å². The van der Waals surface area contributed by atoms with E-state index < -0.39 is 5.97 Å². The number of fused-ring (bicyclic) bond motifs is 1. The van der Waals surface area contributed by atoms with Crippen molar-refractivity contribution in [3.63, 3.8) is 0 Å². The van der Waals surface area contributed by atoms with Crippen LogP contribution in [0.2, 0.25) is 0 Å². The highest BCUT2D eigenvalue weighted by molar-refractivity contribution is 5.80. The normalized spacial score (nSPS) is 27.2. The minimum atomic E-state index is -0.723. The molecule has 4 heteroatoms. The van der Waals surface area contributed by atoms with Gasteiger partial charge in [-0.05, 0) is 56.6 Å². The summed E-state index contributed by atoms with van der Waals surface area (Å²) in [5.74, 6) is -0.912. The Hall–Kier alpha value is -1.84. The Morgan fingerprint density at radius 3 is 2.45 bits per heavy atom. The molecule has 1 saturated carbocycles. The fourth-order valence-corrected chi connectivity index (χ4v) is 3.79. The third-order valence-electron chi connectivity index (χ3n) is 5.14. The van der Waals surface area contributed by atoms with Gasteiger partial charge in [0.05, 0.1) is 12.0 Å². The van der Waals surface area contributed by atoms with E-state index in [2.05, 4.69) is 30.4 Å². The fraction of sp³-hybridized carbons (Fsp3) is 0.556. The minimum Gasteiger partial charge on any atom is -0.481 e. The predicted octanol–water partition coefficient (Wildman–Crippen LogP) is 2.99. The Morgan fingerprint density at radius 2 is 1.77 bits per heavy atom. The summed E-state index contributed by atoms with van der Waals surface area (Å²) >= 11 is 0. The molecule has 0 aliphatic heterocycles. The SMILES string of the molecule is Cc1ccc2c(c1)CCC2NC(=O)C1CCC(C(=O)O)CC1. The van der Waals surface area contributed by atoms with Gasteiger partial charge in [-0.1, -0.05) is 23.8 Å². The number of aliphatic carboxylic acids is 1. The summed E-state index contributed by atoms with van der Waals surface area (Å²) in [7, 11) is 0. The zero-order valence-electron chi connectivity index (χ0n) is 13.0. The van der Waals surface area contributed by atoms with Gasteiger partial charge in [0.25, 0.3) is 0 Å². The molecule has 0 radical (unpaired) electrons. The van der Waals surface area contributed by atoms with Gasteiger partial charge in [0, 0.05) is 5.92 Å². The zero-order chi connectivity index (χ0) is 15.7. The standard InChI is InChI=1S/C18H23NO3/c1-11-2-8-15-14(10-11)7-9-16(15)19-17(20)12-3-5-13(6-4-12)18(21)22/h2,8,10,12-13,16H,3-7,9H2,1H3,(H,19,20)(H,21,22). The van der Waals surface area contributed by atoms with Gasteiger partial charge < -0.3 is 10.4 Å². The first kappa shape index (κ1) is 15.1. The van der Waals surface area contributed by atoms with E-state index >= 15 is 0 Å². The van der Waals surface area contributed by atoms with Crippen LogP contribution in [0.25, 0.3) is 0 Å². The molecular formula is C18H23NO3. The number of carbonyl (C=O) groups is 2. The molecule has 2 N–H and O–H groups in total. The number of hydrogen-bond donors (Lipinski definition) is 2. The van der Waals surface area contributed by atoms with E-state index in [0.717, 1.165) is 12.8 Å². The second kappa shape index (κ2) is 6.11. The smallest absolute Gasteiger partial charge is 0.306 e. The lowest BCUT2D eigenvalue weighted by atomic mass is 9.81. The van der Waals surface area contributed by atoms with Crippen molar-refractivity contribution in [3.05, 3.63) is 34.9 Å². The lowest BCUT2D eigenvalue weighted by Crippen LogP contribution is -2.36. The number of nitrogens with one attached hydrogen (secondary N) is 1. The maximum absolute atomic E-state index is 12.4. The Morgan fingerprint density at radius 1 is 1.09 bits per heavy atom. The van der Waals surface area contributed by atoms with E-state index in [1.165, 1.54) is 16.7 Å². The average molecular weight is 301 g/mol. The van der Waals surface area contributed by atoms with Gasteiger partial charge in [0.1, 0.15) is 0 Å². The first-order valence-electron chi connectivity index (χ1n) is 8.17. The van der Waals surface area contributed by atoms with Crippen LogP contribution in [0.3, 0.4) is 0 Å². The summed E-state index contributed by atoms with van der Waals surface area (Å²) in [6.45, 7) is 2.09. The minimum absolute atomic E-state index is 0.0231. The predicted molar refractivity (Wildman–Crippen MR) is 83.5 cm³/mol. The monoisotopic (exact) mass is 301 g/mol. The molecule has 1 unspecified atom stereocenters. The molecule has 1 atom stereocenters. The van der Waals surface area contributed by atoms with Crippen LogP contribution in [-0.2, 0) is 16.0 Å². The molecule has 2 aliphatic rings. The van der Waals surface area contributed by atoms with Crippen LogP contribution >= 0.6 is 0 Å². The third-order valence-corrected chi connectivity index (χ3v) is 5.14. The molecule has 0 saturated heterocycles. The van der Waals surface area contributed by atoms with Crippen molar-refractivity contribution in [3.8, 4) is 0 Å². The van der Waals surface area contributed by atoms with Gasteiger partial charge in [0.2, 0.25) is 5.91 Å². The second-order valence-corrected chi connectivity index (χ2v) is 6.69. The van der Waals surface area contributed by atoms with Crippen LogP contribution in [0.4, 0.5) is 0 Å². The summed E-state index contributed by atoms with van der Waals surface area (Å²) in [6.07, 6.45) is 4.61. The van der Waals surface area contributed by atoms with Crippen LogP contribution in [0.1, 0.15) is 54.8 Å². The van der Waals surface area contributed by atoms with Crippen LogP contribution in [-0.4, -0.2) is 17.0 Å². The maximum Gasteiger partial charge on any atom is 0.306 e. The number of carbonyl (C=O) groups excluding carboxylic acids is 1. The second-order valence-electron chi connectivity index (χ2n) is 6.69. The molecule has 3 rings (SSSR count). The van der Waals surface area contributed by atoms with Gasteiger partial charge in [-0.3, -0.25) is 9.59 Å². The quantitative estimate of drug-likeness (QED) is 0.902. The lowest BCUT2D eigenvalue weighted by molar-refractivity contribution is -0.144. The first-order chi connectivity index (χ1) is 10.5. The molecule has 2 aliphatic carbocycles. The summed E-state index contributed by atoms with van der Waals surface area (Å²) in [6, 6.07) is 6.56. The molecule has 1 aromatic carbocycles. The third kappa shape index (κ3) is 3.01. The molecule has 0 bridgehead atoms. The summed E-state index contributed by atoms with van der Waals surface area (Å²) in [4.78, 5) is 23.4. The topological polar surface area (TPSA) is 66.4 Å². The van der Waals surface area contributed by atoms with Crippen LogP contribution in [0.15, 0.2) is 18.2 Å². The van der Waals surface area contributed by atoms with E-state index in [1.54, 1.807) is 0 Å². The number of amides is 1.